The predicted molar refractivity (Wildman–Crippen MR) is 81.5 cm³/mol. The van der Waals surface area contributed by atoms with Gasteiger partial charge in [0, 0.05) is 5.92 Å². The van der Waals surface area contributed by atoms with Gasteiger partial charge in [0.05, 0.1) is 10.2 Å². The van der Waals surface area contributed by atoms with Crippen LogP contribution in [0.25, 0.3) is 0 Å². The Kier molecular flexibility index (Phi) is 4.18. The zero-order valence-electron chi connectivity index (χ0n) is 12.9. The Balaban J connectivity index is 1.85. The van der Waals surface area contributed by atoms with Gasteiger partial charge in [-0.1, -0.05) is 5.16 Å². The molecule has 1 saturated carbocycles. The summed E-state index contributed by atoms with van der Waals surface area (Å²) in [6.07, 6.45) is -3.01. The van der Waals surface area contributed by atoms with Crippen LogP contribution in [0, 0.1) is 13.8 Å². The van der Waals surface area contributed by atoms with Gasteiger partial charge < -0.3 is 9.84 Å². The number of amides is 1. The maximum absolute atomic E-state index is 13.0. The van der Waals surface area contributed by atoms with E-state index >= 15 is 0 Å². The summed E-state index contributed by atoms with van der Waals surface area (Å²) in [6, 6.07) is 0. The number of carbonyl (C=O) groups excluding carboxylic acids is 1. The monoisotopic (exact) mass is 406 g/mol. The molecule has 2 aromatic heterocycles. The average molecular weight is 407 g/mol. The van der Waals surface area contributed by atoms with Crippen LogP contribution in [0.4, 0.5) is 18.9 Å². The topological polar surface area (TPSA) is 73.0 Å². The Morgan fingerprint density at radius 2 is 2.08 bits per heavy atom. The quantitative estimate of drug-likeness (QED) is 0.838. The molecule has 0 radical (unpaired) electrons. The second-order valence-electron chi connectivity index (χ2n) is 5.72. The lowest BCUT2D eigenvalue weighted by atomic mass is 10.2. The van der Waals surface area contributed by atoms with Gasteiger partial charge in [-0.2, -0.15) is 18.3 Å². The first-order valence-electron chi connectivity index (χ1n) is 7.24. The summed E-state index contributed by atoms with van der Waals surface area (Å²) in [5, 5.41) is 9.92. The number of anilines is 1. The minimum Gasteiger partial charge on any atom is -0.359 e. The van der Waals surface area contributed by atoms with Crippen molar-refractivity contribution in [2.75, 3.05) is 5.32 Å². The molecule has 0 unspecified atom stereocenters. The summed E-state index contributed by atoms with van der Waals surface area (Å²) in [5.41, 5.74) is 0.335. The summed E-state index contributed by atoms with van der Waals surface area (Å²) in [4.78, 5) is 12.2. The van der Waals surface area contributed by atoms with Crippen LogP contribution in [0.5, 0.6) is 0 Å². The van der Waals surface area contributed by atoms with E-state index < -0.39 is 17.8 Å². The number of carbonyl (C=O) groups is 1. The van der Waals surface area contributed by atoms with Crippen LogP contribution < -0.4 is 5.32 Å². The van der Waals surface area contributed by atoms with Gasteiger partial charge in [-0.3, -0.25) is 9.48 Å². The second-order valence-corrected chi connectivity index (χ2v) is 6.52. The van der Waals surface area contributed by atoms with Crippen molar-refractivity contribution in [1.82, 2.24) is 14.9 Å². The normalized spacial score (nSPS) is 14.9. The molecule has 1 fully saturated rings. The Bertz CT molecular complexity index is 773. The number of alkyl halides is 3. The number of nitrogens with zero attached hydrogens (tertiary/aromatic N) is 3. The van der Waals surface area contributed by atoms with E-state index in [2.05, 4.69) is 31.5 Å². The van der Waals surface area contributed by atoms with Crippen LogP contribution in [-0.2, 0) is 17.5 Å². The number of nitrogens with one attached hydrogen (secondary N) is 1. The molecule has 10 heteroatoms. The molecule has 1 amide bonds. The van der Waals surface area contributed by atoms with E-state index in [4.69, 9.17) is 4.52 Å². The fraction of sp³-hybridized carbons (Fsp3) is 0.500. The first-order chi connectivity index (χ1) is 11.2. The fourth-order valence-electron chi connectivity index (χ4n) is 2.48. The molecule has 24 heavy (non-hydrogen) atoms. The molecular formula is C14H14BrF3N4O2. The van der Waals surface area contributed by atoms with E-state index in [1.165, 1.54) is 0 Å². The van der Waals surface area contributed by atoms with E-state index in [9.17, 15) is 18.0 Å². The Morgan fingerprint density at radius 3 is 2.58 bits per heavy atom. The molecule has 3 rings (SSSR count). The highest BCUT2D eigenvalue weighted by atomic mass is 79.9. The van der Waals surface area contributed by atoms with Crippen molar-refractivity contribution in [2.24, 2.45) is 0 Å². The lowest BCUT2D eigenvalue weighted by Gasteiger charge is -2.08. The van der Waals surface area contributed by atoms with Crippen molar-refractivity contribution < 1.29 is 22.5 Å². The van der Waals surface area contributed by atoms with Gasteiger partial charge in [-0.25, -0.2) is 0 Å². The van der Waals surface area contributed by atoms with Gasteiger partial charge in [0.2, 0.25) is 5.91 Å². The van der Waals surface area contributed by atoms with E-state index in [1.54, 1.807) is 13.8 Å². The van der Waals surface area contributed by atoms with E-state index in [1.807, 2.05) is 0 Å². The predicted octanol–water partition coefficient (Wildman–Crippen LogP) is 3.79. The lowest BCUT2D eigenvalue weighted by molar-refractivity contribution is -0.142. The largest absolute Gasteiger partial charge is 0.436 e. The highest BCUT2D eigenvalue weighted by Gasteiger charge is 2.42. The third-order valence-electron chi connectivity index (χ3n) is 3.76. The van der Waals surface area contributed by atoms with Crippen molar-refractivity contribution >= 4 is 27.5 Å². The van der Waals surface area contributed by atoms with Crippen molar-refractivity contribution in [3.05, 3.63) is 27.3 Å². The summed E-state index contributed by atoms with van der Waals surface area (Å²) in [7, 11) is 0. The Labute approximate surface area is 143 Å². The summed E-state index contributed by atoms with van der Waals surface area (Å²) >= 11 is 2.99. The molecule has 1 N–H and O–H groups in total. The molecule has 0 saturated heterocycles. The van der Waals surface area contributed by atoms with Gasteiger partial charge in [0.15, 0.2) is 11.5 Å². The molecule has 2 heterocycles. The van der Waals surface area contributed by atoms with Crippen LogP contribution >= 0.6 is 15.9 Å². The Hall–Kier alpha value is -1.84. The maximum atomic E-state index is 13.0. The molecular weight excluding hydrogens is 393 g/mol. The van der Waals surface area contributed by atoms with E-state index in [-0.39, 0.29) is 16.9 Å². The molecule has 6 nitrogen and oxygen atoms in total. The number of aryl methyl sites for hydroxylation is 2. The van der Waals surface area contributed by atoms with Crippen LogP contribution in [0.1, 0.15) is 41.6 Å². The zero-order valence-corrected chi connectivity index (χ0v) is 14.5. The molecule has 0 spiro atoms. The number of hydrogen-bond acceptors (Lipinski definition) is 4. The minimum atomic E-state index is -4.58. The van der Waals surface area contributed by atoms with Crippen LogP contribution in [0.3, 0.4) is 0 Å². The van der Waals surface area contributed by atoms with Gasteiger partial charge in [0.25, 0.3) is 0 Å². The smallest absolute Gasteiger partial charge is 0.359 e. The zero-order chi connectivity index (χ0) is 17.6. The molecule has 1 aliphatic carbocycles. The number of hydrogen-bond donors (Lipinski definition) is 1. The average Bonchev–Trinajstić information content (AvgIpc) is 3.19. The first-order valence-corrected chi connectivity index (χ1v) is 8.04. The summed E-state index contributed by atoms with van der Waals surface area (Å²) in [5.74, 6) is -0.0641. The van der Waals surface area contributed by atoms with E-state index in [0.717, 1.165) is 17.5 Å². The van der Waals surface area contributed by atoms with Gasteiger partial charge in [-0.05, 0) is 42.6 Å². The molecule has 2 aromatic rings. The van der Waals surface area contributed by atoms with Crippen LogP contribution in [0.15, 0.2) is 9.00 Å². The minimum absolute atomic E-state index is 0.00478. The standard InChI is InChI=1S/C14H14BrF3N4O2/c1-6-11(7(2)24-21-6)19-9(23)5-22-12(8-3-4-8)10(15)13(20-22)14(16,17)18/h8H,3-5H2,1-2H3,(H,19,23). The highest BCUT2D eigenvalue weighted by molar-refractivity contribution is 9.10. The fourth-order valence-corrected chi connectivity index (χ4v) is 3.31. The molecule has 1 aliphatic rings. The van der Waals surface area contributed by atoms with Crippen LogP contribution in [0.2, 0.25) is 0 Å². The third kappa shape index (κ3) is 3.19. The van der Waals surface area contributed by atoms with Crippen molar-refractivity contribution in [3.8, 4) is 0 Å². The Morgan fingerprint density at radius 1 is 1.42 bits per heavy atom. The number of halogens is 4. The molecule has 130 valence electrons. The van der Waals surface area contributed by atoms with E-state index in [0.29, 0.717) is 22.8 Å². The number of aromatic nitrogens is 3. The lowest BCUT2D eigenvalue weighted by Crippen LogP contribution is -2.21. The molecule has 0 aromatic carbocycles. The second kappa shape index (κ2) is 5.91. The third-order valence-corrected chi connectivity index (χ3v) is 4.54. The summed E-state index contributed by atoms with van der Waals surface area (Å²) < 4.78 is 45.1. The highest BCUT2D eigenvalue weighted by Crippen LogP contribution is 2.46. The molecule has 0 atom stereocenters. The van der Waals surface area contributed by atoms with Crippen molar-refractivity contribution in [1.29, 1.82) is 0 Å². The van der Waals surface area contributed by atoms with Crippen molar-refractivity contribution in [3.63, 3.8) is 0 Å². The first kappa shape index (κ1) is 17.0. The van der Waals surface area contributed by atoms with Gasteiger partial charge in [-0.15, -0.1) is 0 Å². The van der Waals surface area contributed by atoms with Crippen LogP contribution in [-0.4, -0.2) is 20.8 Å². The van der Waals surface area contributed by atoms with Crippen molar-refractivity contribution in [2.45, 2.75) is 45.3 Å². The number of rotatable bonds is 4. The molecule has 0 bridgehead atoms. The molecule has 0 aliphatic heterocycles. The SMILES string of the molecule is Cc1noc(C)c1NC(=O)Cn1nc(C(F)(F)F)c(Br)c1C1CC1. The maximum Gasteiger partial charge on any atom is 0.436 e. The van der Waals surface area contributed by atoms with Gasteiger partial charge >= 0.3 is 6.18 Å². The van der Waals surface area contributed by atoms with Gasteiger partial charge in [0.1, 0.15) is 17.9 Å². The summed E-state index contributed by atoms with van der Waals surface area (Å²) in [6.45, 7) is 2.98.